The van der Waals surface area contributed by atoms with Crippen molar-refractivity contribution in [1.29, 1.82) is 0 Å². The molecule has 0 amide bonds. The van der Waals surface area contributed by atoms with E-state index in [-0.39, 0.29) is 0 Å². The van der Waals surface area contributed by atoms with Crippen molar-refractivity contribution < 1.29 is 0 Å². The number of hydrogen-bond acceptors (Lipinski definition) is 0. The van der Waals surface area contributed by atoms with Gasteiger partial charge in [0.1, 0.15) is 0 Å². The van der Waals surface area contributed by atoms with E-state index in [0.29, 0.717) is 0 Å². The largest absolute Gasteiger partial charge is 0.0616 e. The third-order valence-corrected chi connectivity index (χ3v) is 6.38. The maximum atomic E-state index is 2.32. The molecule has 166 valence electrons. The molecule has 0 atom stereocenters. The van der Waals surface area contributed by atoms with E-state index >= 15 is 0 Å². The average molecular weight is 439 g/mol. The van der Waals surface area contributed by atoms with Crippen molar-refractivity contribution in [2.75, 3.05) is 0 Å². The fraction of sp³-hybridized carbons (Fsp3) is 0.118. The summed E-state index contributed by atoms with van der Waals surface area (Å²) in [5.41, 5.74) is 15.2. The van der Waals surface area contributed by atoms with Crippen molar-refractivity contribution in [3.63, 3.8) is 0 Å². The Balaban J connectivity index is 1.59. The summed E-state index contributed by atoms with van der Waals surface area (Å²) >= 11 is 0. The number of aryl methyl sites for hydroxylation is 4. The van der Waals surface area contributed by atoms with Crippen LogP contribution in [0.25, 0.3) is 44.5 Å². The first-order valence-corrected chi connectivity index (χ1v) is 11.9. The molecular formula is C34H30. The summed E-state index contributed by atoms with van der Waals surface area (Å²) in [7, 11) is 0. The molecule has 0 fully saturated rings. The van der Waals surface area contributed by atoms with Gasteiger partial charge in [0.2, 0.25) is 0 Å². The molecule has 0 aliphatic heterocycles. The van der Waals surface area contributed by atoms with Gasteiger partial charge in [0.25, 0.3) is 0 Å². The van der Waals surface area contributed by atoms with Gasteiger partial charge in [0.05, 0.1) is 0 Å². The fourth-order valence-corrected chi connectivity index (χ4v) is 5.00. The third-order valence-electron chi connectivity index (χ3n) is 6.38. The minimum Gasteiger partial charge on any atom is -0.0616 e. The molecule has 0 aliphatic rings. The van der Waals surface area contributed by atoms with Gasteiger partial charge in [-0.3, -0.25) is 0 Å². The summed E-state index contributed by atoms with van der Waals surface area (Å²) in [6.45, 7) is 8.66. The lowest BCUT2D eigenvalue weighted by molar-refractivity contribution is 1.38. The normalized spacial score (nSPS) is 10.9. The van der Waals surface area contributed by atoms with Gasteiger partial charge in [-0.05, 0) is 84.3 Å². The fourth-order valence-electron chi connectivity index (χ4n) is 5.00. The minimum absolute atomic E-state index is 1.24. The van der Waals surface area contributed by atoms with Crippen molar-refractivity contribution in [1.82, 2.24) is 0 Å². The zero-order valence-corrected chi connectivity index (χ0v) is 20.4. The van der Waals surface area contributed by atoms with E-state index in [9.17, 15) is 0 Å². The first-order valence-electron chi connectivity index (χ1n) is 11.9. The monoisotopic (exact) mass is 438 g/mol. The van der Waals surface area contributed by atoms with Crippen LogP contribution in [0.5, 0.6) is 0 Å². The van der Waals surface area contributed by atoms with E-state index in [4.69, 9.17) is 0 Å². The topological polar surface area (TPSA) is 0 Å². The van der Waals surface area contributed by atoms with Crippen LogP contribution in [-0.2, 0) is 0 Å². The lowest BCUT2D eigenvalue weighted by atomic mass is 9.90. The Bertz CT molecular complexity index is 1330. The van der Waals surface area contributed by atoms with Gasteiger partial charge in [-0.1, -0.05) is 119 Å². The molecule has 5 aromatic rings. The zero-order valence-electron chi connectivity index (χ0n) is 20.4. The Kier molecular flexibility index (Phi) is 5.90. The van der Waals surface area contributed by atoms with Crippen LogP contribution in [0, 0.1) is 27.7 Å². The van der Waals surface area contributed by atoms with Crippen molar-refractivity contribution in [2.24, 2.45) is 0 Å². The highest BCUT2D eigenvalue weighted by molar-refractivity contribution is 5.87. The van der Waals surface area contributed by atoms with Gasteiger partial charge < -0.3 is 0 Å². The molecule has 0 unspecified atom stereocenters. The summed E-state index contributed by atoms with van der Waals surface area (Å²) in [6, 6.07) is 40.1. The molecule has 0 N–H and O–H groups in total. The van der Waals surface area contributed by atoms with Crippen LogP contribution in [-0.4, -0.2) is 0 Å². The predicted molar refractivity (Wildman–Crippen MR) is 147 cm³/mol. The summed E-state index contributed by atoms with van der Waals surface area (Å²) in [5, 5.41) is 0. The minimum atomic E-state index is 1.24. The lowest BCUT2D eigenvalue weighted by Gasteiger charge is -2.14. The maximum Gasteiger partial charge on any atom is -0.0105 e. The summed E-state index contributed by atoms with van der Waals surface area (Å²) in [4.78, 5) is 0. The van der Waals surface area contributed by atoms with Crippen LogP contribution in [0.15, 0.2) is 109 Å². The summed E-state index contributed by atoms with van der Waals surface area (Å²) in [6.07, 6.45) is 0. The number of hydrogen-bond donors (Lipinski definition) is 0. The molecule has 34 heavy (non-hydrogen) atoms. The molecule has 0 heterocycles. The van der Waals surface area contributed by atoms with E-state index in [1.54, 1.807) is 0 Å². The second-order valence-electron chi connectivity index (χ2n) is 9.46. The van der Waals surface area contributed by atoms with Crippen molar-refractivity contribution in [3.05, 3.63) is 131 Å². The van der Waals surface area contributed by atoms with Gasteiger partial charge >= 0.3 is 0 Å². The highest BCUT2D eigenvalue weighted by Gasteiger charge is 2.10. The van der Waals surface area contributed by atoms with Crippen LogP contribution < -0.4 is 0 Å². The van der Waals surface area contributed by atoms with Gasteiger partial charge in [-0.2, -0.15) is 0 Å². The van der Waals surface area contributed by atoms with Crippen LogP contribution >= 0.6 is 0 Å². The molecule has 0 radical (unpaired) electrons. The van der Waals surface area contributed by atoms with Crippen LogP contribution in [0.4, 0.5) is 0 Å². The van der Waals surface area contributed by atoms with Crippen molar-refractivity contribution in [2.45, 2.75) is 27.7 Å². The van der Waals surface area contributed by atoms with Crippen LogP contribution in [0.2, 0.25) is 0 Å². The Morgan fingerprint density at radius 2 is 0.647 bits per heavy atom. The summed E-state index contributed by atoms with van der Waals surface area (Å²) < 4.78 is 0. The third kappa shape index (κ3) is 4.58. The Morgan fingerprint density at radius 1 is 0.294 bits per heavy atom. The highest BCUT2D eigenvalue weighted by Crippen LogP contribution is 2.36. The highest BCUT2D eigenvalue weighted by atomic mass is 14.1. The molecule has 0 nitrogen and oxygen atoms in total. The first kappa shape index (κ1) is 21.9. The second kappa shape index (κ2) is 9.15. The van der Waals surface area contributed by atoms with Crippen LogP contribution in [0.3, 0.4) is 0 Å². The predicted octanol–water partition coefficient (Wildman–Crippen LogP) is 9.59. The quantitative estimate of drug-likeness (QED) is 0.262. The molecule has 0 bridgehead atoms. The van der Waals surface area contributed by atoms with Crippen molar-refractivity contribution in [3.8, 4) is 44.5 Å². The molecule has 5 aromatic carbocycles. The van der Waals surface area contributed by atoms with Gasteiger partial charge in [0.15, 0.2) is 0 Å². The van der Waals surface area contributed by atoms with E-state index < -0.39 is 0 Å². The maximum absolute atomic E-state index is 2.32. The summed E-state index contributed by atoms with van der Waals surface area (Å²) in [5.74, 6) is 0. The molecule has 0 spiro atoms. The average Bonchev–Trinajstić information content (AvgIpc) is 2.83. The van der Waals surface area contributed by atoms with Crippen LogP contribution in [0.1, 0.15) is 22.3 Å². The van der Waals surface area contributed by atoms with Gasteiger partial charge in [0, 0.05) is 0 Å². The smallest absolute Gasteiger partial charge is 0.0105 e. The van der Waals surface area contributed by atoms with E-state index in [0.717, 1.165) is 0 Å². The van der Waals surface area contributed by atoms with Gasteiger partial charge in [-0.15, -0.1) is 0 Å². The molecule has 0 saturated carbocycles. The molecule has 0 aromatic heterocycles. The van der Waals surface area contributed by atoms with Gasteiger partial charge in [-0.25, -0.2) is 0 Å². The molecular weight excluding hydrogens is 408 g/mol. The Morgan fingerprint density at radius 3 is 1.03 bits per heavy atom. The Labute approximate surface area is 203 Å². The van der Waals surface area contributed by atoms with E-state index in [1.807, 2.05) is 0 Å². The first-order chi connectivity index (χ1) is 16.5. The molecule has 0 saturated heterocycles. The SMILES string of the molecule is Cc1cc(C)cc(-c2cccc(-c3ccccc3-c3cccc(-c4cc(C)cc(C)c4)c3)c2)c1. The number of benzene rings is 5. The lowest BCUT2D eigenvalue weighted by Crippen LogP contribution is -1.88. The second-order valence-corrected chi connectivity index (χ2v) is 9.46. The standard InChI is InChI=1S/C34H30/c1-23-15-24(2)18-31(17-23)27-9-7-11-29(21-27)33-13-5-6-14-34(33)30-12-8-10-28(22-30)32-19-25(3)16-26(4)20-32/h5-22H,1-4H3. The number of rotatable bonds is 4. The van der Waals surface area contributed by atoms with E-state index in [1.165, 1.54) is 66.8 Å². The molecule has 5 rings (SSSR count). The van der Waals surface area contributed by atoms with Crippen molar-refractivity contribution >= 4 is 0 Å². The Hall–Kier alpha value is -3.90. The molecule has 0 aliphatic carbocycles. The zero-order chi connectivity index (χ0) is 23.7. The van der Waals surface area contributed by atoms with E-state index in [2.05, 4.69) is 137 Å². The molecule has 0 heteroatoms.